The predicted molar refractivity (Wildman–Crippen MR) is 78.5 cm³/mol. The van der Waals surface area contributed by atoms with E-state index in [1.54, 1.807) is 13.8 Å². The summed E-state index contributed by atoms with van der Waals surface area (Å²) < 4.78 is 51.4. The number of nitrogens with zero attached hydrogens (tertiary/aromatic N) is 1. The molecule has 21 heavy (non-hydrogen) atoms. The quantitative estimate of drug-likeness (QED) is 0.734. The zero-order chi connectivity index (χ0) is 16.1. The summed E-state index contributed by atoms with van der Waals surface area (Å²) in [7, 11) is -7.27. The second-order valence-corrected chi connectivity index (χ2v) is 8.00. The maximum Gasteiger partial charge on any atom is 0.240 e. The summed E-state index contributed by atoms with van der Waals surface area (Å²) in [6.45, 7) is 3.30. The Morgan fingerprint density at radius 3 is 2.38 bits per heavy atom. The third-order valence-electron chi connectivity index (χ3n) is 2.66. The maximum absolute atomic E-state index is 12.0. The van der Waals surface area contributed by atoms with Gasteiger partial charge in [0.1, 0.15) is 0 Å². The minimum atomic E-state index is -3.80. The second kappa shape index (κ2) is 7.00. The van der Waals surface area contributed by atoms with Gasteiger partial charge in [0.05, 0.1) is 22.3 Å². The minimum Gasteiger partial charge on any atom is -0.215 e. The monoisotopic (exact) mass is 331 g/mol. The maximum atomic E-state index is 12.0. The molecule has 0 heterocycles. The smallest absolute Gasteiger partial charge is 0.215 e. The van der Waals surface area contributed by atoms with Gasteiger partial charge in [-0.15, -0.1) is 0 Å². The van der Waals surface area contributed by atoms with Crippen molar-refractivity contribution in [3.8, 4) is 6.07 Å². The molecule has 1 aromatic rings. The lowest BCUT2D eigenvalue weighted by atomic mass is 10.1. The number of sulfonamides is 2. The van der Waals surface area contributed by atoms with Gasteiger partial charge in [-0.1, -0.05) is 6.92 Å². The highest BCUT2D eigenvalue weighted by molar-refractivity contribution is 7.90. The Balaban J connectivity index is 2.79. The van der Waals surface area contributed by atoms with Crippen molar-refractivity contribution in [1.29, 1.82) is 5.26 Å². The van der Waals surface area contributed by atoms with Crippen LogP contribution in [-0.4, -0.2) is 35.7 Å². The van der Waals surface area contributed by atoms with E-state index < -0.39 is 20.0 Å². The van der Waals surface area contributed by atoms with Gasteiger partial charge in [0, 0.05) is 13.1 Å². The van der Waals surface area contributed by atoms with E-state index in [1.807, 2.05) is 6.07 Å². The minimum absolute atomic E-state index is 0.000140. The van der Waals surface area contributed by atoms with Gasteiger partial charge >= 0.3 is 0 Å². The molecule has 0 aromatic heterocycles. The van der Waals surface area contributed by atoms with Gasteiger partial charge < -0.3 is 0 Å². The fourth-order valence-corrected chi connectivity index (χ4v) is 3.82. The lowest BCUT2D eigenvalue weighted by molar-refractivity contribution is 0.576. The van der Waals surface area contributed by atoms with Crippen molar-refractivity contribution >= 4 is 20.0 Å². The Labute approximate surface area is 125 Å². The first-order chi connectivity index (χ1) is 9.72. The van der Waals surface area contributed by atoms with Crippen LogP contribution in [-0.2, 0) is 20.0 Å². The van der Waals surface area contributed by atoms with Crippen molar-refractivity contribution in [2.75, 3.05) is 18.8 Å². The van der Waals surface area contributed by atoms with Crippen LogP contribution in [0.4, 0.5) is 0 Å². The summed E-state index contributed by atoms with van der Waals surface area (Å²) in [5, 5.41) is 8.80. The number of aryl methyl sites for hydroxylation is 1. The molecule has 0 bridgehead atoms. The standard InChI is InChI=1S/C12H17N3O4S2/c1-3-14-20(16,17)7-6-15-21(18,19)12-5-4-11(9-13)10(2)8-12/h4-5,8,14-15H,3,6-7H2,1-2H3. The van der Waals surface area contributed by atoms with Gasteiger partial charge in [-0.2, -0.15) is 5.26 Å². The fourth-order valence-electron chi connectivity index (χ4n) is 1.61. The van der Waals surface area contributed by atoms with Crippen LogP contribution >= 0.6 is 0 Å². The van der Waals surface area contributed by atoms with E-state index in [0.29, 0.717) is 11.1 Å². The molecule has 0 saturated heterocycles. The highest BCUT2D eigenvalue weighted by Gasteiger charge is 2.16. The van der Waals surface area contributed by atoms with Gasteiger partial charge in [-0.3, -0.25) is 0 Å². The number of hydrogen-bond acceptors (Lipinski definition) is 5. The topological polar surface area (TPSA) is 116 Å². The molecule has 0 aliphatic rings. The Bertz CT molecular complexity index is 749. The molecular formula is C12H17N3O4S2. The first-order valence-corrected chi connectivity index (χ1v) is 9.33. The molecule has 2 N–H and O–H groups in total. The Morgan fingerprint density at radius 2 is 1.86 bits per heavy atom. The fraction of sp³-hybridized carbons (Fsp3) is 0.417. The van der Waals surface area contributed by atoms with E-state index in [-0.39, 0.29) is 23.7 Å². The number of nitrogens with one attached hydrogen (secondary N) is 2. The van der Waals surface area contributed by atoms with Gasteiger partial charge in [0.2, 0.25) is 20.0 Å². The Hall–Kier alpha value is -1.47. The SMILES string of the molecule is CCNS(=O)(=O)CCNS(=O)(=O)c1ccc(C#N)c(C)c1. The highest BCUT2D eigenvalue weighted by Crippen LogP contribution is 2.14. The average Bonchev–Trinajstić information content (AvgIpc) is 2.37. The van der Waals surface area contributed by atoms with Crippen molar-refractivity contribution in [3.63, 3.8) is 0 Å². The molecule has 0 saturated carbocycles. The summed E-state index contributed by atoms with van der Waals surface area (Å²) in [6.07, 6.45) is 0. The lowest BCUT2D eigenvalue weighted by Crippen LogP contribution is -2.34. The molecule has 9 heteroatoms. The van der Waals surface area contributed by atoms with Crippen LogP contribution in [0, 0.1) is 18.3 Å². The van der Waals surface area contributed by atoms with Gasteiger partial charge in [-0.05, 0) is 30.7 Å². The summed E-state index contributed by atoms with van der Waals surface area (Å²) >= 11 is 0. The number of hydrogen-bond donors (Lipinski definition) is 2. The van der Waals surface area contributed by atoms with Crippen molar-refractivity contribution in [3.05, 3.63) is 29.3 Å². The molecule has 0 aliphatic carbocycles. The van der Waals surface area contributed by atoms with Crippen LogP contribution < -0.4 is 9.44 Å². The zero-order valence-corrected chi connectivity index (χ0v) is 13.4. The Kier molecular flexibility index (Phi) is 5.86. The second-order valence-electron chi connectivity index (χ2n) is 4.30. The van der Waals surface area contributed by atoms with Crippen LogP contribution in [0.3, 0.4) is 0 Å². The van der Waals surface area contributed by atoms with E-state index in [1.165, 1.54) is 18.2 Å². The van der Waals surface area contributed by atoms with E-state index in [2.05, 4.69) is 9.44 Å². The molecule has 1 rings (SSSR count). The van der Waals surface area contributed by atoms with E-state index in [0.717, 1.165) is 0 Å². The largest absolute Gasteiger partial charge is 0.240 e. The lowest BCUT2D eigenvalue weighted by Gasteiger charge is -2.08. The molecule has 116 valence electrons. The zero-order valence-electron chi connectivity index (χ0n) is 11.8. The van der Waals surface area contributed by atoms with Gasteiger partial charge in [0.25, 0.3) is 0 Å². The predicted octanol–water partition coefficient (Wildman–Crippen LogP) is 0.0843. The summed E-state index contributed by atoms with van der Waals surface area (Å²) in [5.41, 5.74) is 0.935. The highest BCUT2D eigenvalue weighted by atomic mass is 32.2. The molecule has 0 fully saturated rings. The van der Waals surface area contributed by atoms with Crippen molar-refractivity contribution in [1.82, 2.24) is 9.44 Å². The number of rotatable bonds is 7. The molecule has 1 aromatic carbocycles. The van der Waals surface area contributed by atoms with Crippen LogP contribution in [0.2, 0.25) is 0 Å². The summed E-state index contributed by atoms with van der Waals surface area (Å²) in [5.74, 6) is -0.338. The molecular weight excluding hydrogens is 314 g/mol. The van der Waals surface area contributed by atoms with Gasteiger partial charge in [0.15, 0.2) is 0 Å². The molecule has 0 unspecified atom stereocenters. The van der Waals surface area contributed by atoms with E-state index in [9.17, 15) is 16.8 Å². The number of nitriles is 1. The molecule has 0 spiro atoms. The van der Waals surface area contributed by atoms with E-state index in [4.69, 9.17) is 5.26 Å². The van der Waals surface area contributed by atoms with Crippen LogP contribution in [0.5, 0.6) is 0 Å². The van der Waals surface area contributed by atoms with E-state index >= 15 is 0 Å². The van der Waals surface area contributed by atoms with Crippen molar-refractivity contribution < 1.29 is 16.8 Å². The van der Waals surface area contributed by atoms with Crippen molar-refractivity contribution in [2.45, 2.75) is 18.7 Å². The molecule has 0 amide bonds. The molecule has 0 aliphatic heterocycles. The Morgan fingerprint density at radius 1 is 1.19 bits per heavy atom. The van der Waals surface area contributed by atoms with Gasteiger partial charge in [-0.25, -0.2) is 26.3 Å². The summed E-state index contributed by atoms with van der Waals surface area (Å²) in [4.78, 5) is -0.000140. The normalized spacial score (nSPS) is 12.0. The average molecular weight is 331 g/mol. The van der Waals surface area contributed by atoms with Crippen LogP contribution in [0.1, 0.15) is 18.1 Å². The first kappa shape index (κ1) is 17.6. The number of benzene rings is 1. The van der Waals surface area contributed by atoms with Crippen molar-refractivity contribution in [2.24, 2.45) is 0 Å². The first-order valence-electron chi connectivity index (χ1n) is 6.19. The molecule has 0 atom stereocenters. The molecule has 7 nitrogen and oxygen atoms in total. The third kappa shape index (κ3) is 5.09. The van der Waals surface area contributed by atoms with Crippen LogP contribution in [0.15, 0.2) is 23.1 Å². The van der Waals surface area contributed by atoms with Crippen LogP contribution in [0.25, 0.3) is 0 Å². The molecule has 0 radical (unpaired) electrons. The third-order valence-corrected chi connectivity index (χ3v) is 5.58. The summed E-state index contributed by atoms with van der Waals surface area (Å²) in [6, 6.07) is 6.05.